The topological polar surface area (TPSA) is 212 Å². The van der Waals surface area contributed by atoms with Crippen molar-refractivity contribution in [1.29, 1.82) is 0 Å². The molecule has 37 heavy (non-hydrogen) atoms. The molecular formula is C22H24Br2N10O3. The van der Waals surface area contributed by atoms with Crippen molar-refractivity contribution in [2.45, 2.75) is 12.0 Å². The number of H-pyrrole nitrogens is 3. The third-order valence-electron chi connectivity index (χ3n) is 6.84. The standard InChI is InChI=1S/C22H24Br2N10O3/c23-8-1-12(27-3-8)18(35)29-5-10-11(6-30-19(36)13-2-9(24)4-28-13)16(17-20(37)34-22(26)33-17)15(10)14-7-31-21(25)32-14/h1-4,7,10-11,15-17,27-28H,5-6H2,(H,29,35)(H,30,36)(H3,25,31,32)(H3,26,33,34,37)/t10-,11-,15-,16+,17?/m1/s1. The summed E-state index contributed by atoms with van der Waals surface area (Å²) in [6.45, 7) is 0.520. The van der Waals surface area contributed by atoms with Gasteiger partial charge in [0.05, 0.1) is 6.20 Å². The van der Waals surface area contributed by atoms with Crippen LogP contribution in [0.5, 0.6) is 0 Å². The van der Waals surface area contributed by atoms with Crippen LogP contribution in [-0.4, -0.2) is 62.7 Å². The summed E-state index contributed by atoms with van der Waals surface area (Å²) in [5, 5.41) is 8.47. The van der Waals surface area contributed by atoms with Crippen LogP contribution >= 0.6 is 31.9 Å². The summed E-state index contributed by atoms with van der Waals surface area (Å²) >= 11 is 6.65. The number of aromatic amines is 3. The first kappa shape index (κ1) is 25.1. The number of carbonyl (C=O) groups is 3. The van der Waals surface area contributed by atoms with Gasteiger partial charge in [0.1, 0.15) is 17.4 Å². The normalized spacial score (nSPS) is 24.8. The first-order valence-electron chi connectivity index (χ1n) is 11.4. The van der Waals surface area contributed by atoms with Crippen LogP contribution < -0.4 is 27.4 Å². The molecule has 0 saturated heterocycles. The Hall–Kier alpha value is -3.59. The van der Waals surface area contributed by atoms with Gasteiger partial charge in [0.25, 0.3) is 17.7 Å². The largest absolute Gasteiger partial charge is 0.370 e. The Kier molecular flexibility index (Phi) is 6.81. The number of nitrogen functional groups attached to an aromatic ring is 1. The van der Waals surface area contributed by atoms with Gasteiger partial charge in [-0.25, -0.2) is 9.98 Å². The molecule has 0 aromatic carbocycles. The Morgan fingerprint density at radius 1 is 0.973 bits per heavy atom. The molecule has 10 N–H and O–H groups in total. The molecule has 5 atom stereocenters. The predicted octanol–water partition coefficient (Wildman–Crippen LogP) is 0.792. The van der Waals surface area contributed by atoms with Crippen molar-refractivity contribution < 1.29 is 14.4 Å². The van der Waals surface area contributed by atoms with E-state index in [1.165, 1.54) is 0 Å². The van der Waals surface area contributed by atoms with Gasteiger partial charge >= 0.3 is 0 Å². The second-order valence-electron chi connectivity index (χ2n) is 8.99. The predicted molar refractivity (Wildman–Crippen MR) is 141 cm³/mol. The molecule has 2 aliphatic rings. The number of hydrogen-bond acceptors (Lipinski definition) is 7. The molecule has 3 aromatic rings. The van der Waals surface area contributed by atoms with Crippen LogP contribution in [0, 0.1) is 17.8 Å². The highest BCUT2D eigenvalue weighted by atomic mass is 79.9. The van der Waals surface area contributed by atoms with E-state index in [0.29, 0.717) is 17.1 Å². The molecule has 0 spiro atoms. The average Bonchev–Trinajstić information content (AvgIpc) is 3.63. The van der Waals surface area contributed by atoms with Crippen molar-refractivity contribution in [2.24, 2.45) is 28.5 Å². The Labute approximate surface area is 227 Å². The zero-order chi connectivity index (χ0) is 26.3. The molecule has 1 fully saturated rings. The summed E-state index contributed by atoms with van der Waals surface area (Å²) < 4.78 is 1.51. The number of nitrogens with zero attached hydrogens (tertiary/aromatic N) is 2. The van der Waals surface area contributed by atoms with Crippen LogP contribution in [0.1, 0.15) is 32.6 Å². The first-order chi connectivity index (χ1) is 17.7. The van der Waals surface area contributed by atoms with Gasteiger partial charge in [-0.15, -0.1) is 0 Å². The van der Waals surface area contributed by atoms with Crippen molar-refractivity contribution in [3.05, 3.63) is 56.8 Å². The number of imidazole rings is 1. The quantitative estimate of drug-likeness (QED) is 0.179. The van der Waals surface area contributed by atoms with E-state index in [1.54, 1.807) is 30.7 Å². The van der Waals surface area contributed by atoms with Gasteiger partial charge in [0.2, 0.25) is 0 Å². The van der Waals surface area contributed by atoms with Crippen LogP contribution in [0.25, 0.3) is 0 Å². The number of nitrogens with one attached hydrogen (secondary N) is 6. The number of carbonyl (C=O) groups excluding carboxylic acids is 3. The van der Waals surface area contributed by atoms with Gasteiger partial charge in [0.15, 0.2) is 11.9 Å². The maximum atomic E-state index is 12.8. The van der Waals surface area contributed by atoms with E-state index >= 15 is 0 Å². The van der Waals surface area contributed by atoms with E-state index < -0.39 is 6.04 Å². The van der Waals surface area contributed by atoms with E-state index in [0.717, 1.165) is 8.95 Å². The lowest BCUT2D eigenvalue weighted by atomic mass is 9.53. The number of anilines is 1. The SMILES string of the molecule is NC1=NC([C@H]2[C@H](CNC(=O)c3cc(Br)c[nH]3)[C@@H](CNC(=O)c3cc(Br)c[nH]3)[C@@H]2c2cnc(N)[nH]2)C(=O)N1. The lowest BCUT2D eigenvalue weighted by molar-refractivity contribution is -0.124. The van der Waals surface area contributed by atoms with E-state index in [1.807, 2.05) is 0 Å². The lowest BCUT2D eigenvalue weighted by Gasteiger charge is -2.53. The number of aliphatic imine (C=N–C) groups is 1. The monoisotopic (exact) mass is 634 g/mol. The minimum atomic E-state index is -0.762. The third kappa shape index (κ3) is 5.00. The van der Waals surface area contributed by atoms with E-state index in [9.17, 15) is 14.4 Å². The maximum Gasteiger partial charge on any atom is 0.267 e. The Bertz CT molecular complexity index is 1380. The van der Waals surface area contributed by atoms with Crippen molar-refractivity contribution in [3.63, 3.8) is 0 Å². The number of halogens is 2. The minimum Gasteiger partial charge on any atom is -0.370 e. The first-order valence-corrected chi connectivity index (χ1v) is 13.0. The summed E-state index contributed by atoms with van der Waals surface area (Å²) in [6, 6.07) is 2.59. The molecule has 1 aliphatic heterocycles. The van der Waals surface area contributed by atoms with Crippen LogP contribution in [-0.2, 0) is 4.79 Å². The molecule has 0 radical (unpaired) electrons. The summed E-state index contributed by atoms with van der Waals surface area (Å²) in [5.41, 5.74) is 13.2. The number of aromatic nitrogens is 4. The molecule has 1 saturated carbocycles. The van der Waals surface area contributed by atoms with Gasteiger partial charge in [-0.3, -0.25) is 19.7 Å². The second-order valence-corrected chi connectivity index (χ2v) is 10.8. The zero-order valence-electron chi connectivity index (χ0n) is 19.2. The number of hydrogen-bond donors (Lipinski definition) is 8. The Morgan fingerprint density at radius 3 is 2.03 bits per heavy atom. The Morgan fingerprint density at radius 2 is 1.57 bits per heavy atom. The van der Waals surface area contributed by atoms with Gasteiger partial charge < -0.3 is 37.1 Å². The molecule has 5 rings (SSSR count). The fourth-order valence-corrected chi connectivity index (χ4v) is 5.91. The van der Waals surface area contributed by atoms with Crippen molar-refractivity contribution in [2.75, 3.05) is 18.8 Å². The van der Waals surface area contributed by atoms with E-state index in [-0.39, 0.29) is 66.4 Å². The van der Waals surface area contributed by atoms with E-state index in [2.05, 4.69) is 72.7 Å². The second kappa shape index (κ2) is 10.0. The van der Waals surface area contributed by atoms with Gasteiger partial charge in [-0.1, -0.05) is 0 Å². The number of amides is 3. The number of nitrogens with two attached hydrogens (primary N) is 2. The van der Waals surface area contributed by atoms with Crippen molar-refractivity contribution >= 4 is 61.5 Å². The summed E-state index contributed by atoms with van der Waals surface area (Å²) in [7, 11) is 0. The summed E-state index contributed by atoms with van der Waals surface area (Å²) in [6.07, 6.45) is 4.95. The molecule has 3 amide bonds. The molecule has 3 aromatic heterocycles. The molecule has 15 heteroatoms. The van der Waals surface area contributed by atoms with Crippen LogP contribution in [0.4, 0.5) is 5.95 Å². The van der Waals surface area contributed by atoms with Crippen LogP contribution in [0.2, 0.25) is 0 Å². The van der Waals surface area contributed by atoms with Crippen molar-refractivity contribution in [1.82, 2.24) is 35.9 Å². The molecule has 4 heterocycles. The lowest BCUT2D eigenvalue weighted by Crippen LogP contribution is -2.59. The highest BCUT2D eigenvalue weighted by molar-refractivity contribution is 9.10. The Balaban J connectivity index is 1.41. The molecular weight excluding hydrogens is 612 g/mol. The average molecular weight is 636 g/mol. The molecule has 1 unspecified atom stereocenters. The smallest absolute Gasteiger partial charge is 0.267 e. The summed E-state index contributed by atoms with van der Waals surface area (Å²) in [5.74, 6) is -1.60. The number of rotatable bonds is 8. The maximum absolute atomic E-state index is 12.8. The molecule has 13 nitrogen and oxygen atoms in total. The van der Waals surface area contributed by atoms with Crippen LogP contribution in [0.15, 0.2) is 44.7 Å². The third-order valence-corrected chi connectivity index (χ3v) is 7.75. The van der Waals surface area contributed by atoms with Gasteiger partial charge in [0, 0.05) is 52.0 Å². The van der Waals surface area contributed by atoms with Crippen LogP contribution in [0.3, 0.4) is 0 Å². The van der Waals surface area contributed by atoms with Gasteiger partial charge in [-0.05, 0) is 55.8 Å². The fourth-order valence-electron chi connectivity index (χ4n) is 5.22. The molecule has 1 aliphatic carbocycles. The number of guanidine groups is 1. The van der Waals surface area contributed by atoms with Crippen molar-refractivity contribution in [3.8, 4) is 0 Å². The summed E-state index contributed by atoms with van der Waals surface area (Å²) in [4.78, 5) is 55.6. The highest BCUT2D eigenvalue weighted by Gasteiger charge is 2.57. The van der Waals surface area contributed by atoms with E-state index in [4.69, 9.17) is 11.5 Å². The van der Waals surface area contributed by atoms with Gasteiger partial charge in [-0.2, -0.15) is 0 Å². The molecule has 0 bridgehead atoms. The minimum absolute atomic E-state index is 0.0472. The molecule has 194 valence electrons. The fraction of sp³-hybridized carbons (Fsp3) is 0.318. The zero-order valence-corrected chi connectivity index (χ0v) is 22.4. The highest BCUT2D eigenvalue weighted by Crippen LogP contribution is 2.54.